The molecule has 120 valence electrons. The molecule has 0 saturated heterocycles. The maximum Gasteiger partial charge on any atom is 0.0556 e. The molecular weight excluding hydrogens is 258 g/mol. The molecule has 3 nitrogen and oxygen atoms in total. The van der Waals surface area contributed by atoms with E-state index in [9.17, 15) is 0 Å². The fraction of sp³-hybridized carbons (Fsp3) is 0.833. The molecule has 0 aliphatic heterocycles. The van der Waals surface area contributed by atoms with Gasteiger partial charge in [-0.25, -0.2) is 0 Å². The molecular formula is C18H33N3. The minimum absolute atomic E-state index is 0.483. The Morgan fingerprint density at radius 1 is 1.19 bits per heavy atom. The van der Waals surface area contributed by atoms with E-state index in [-0.39, 0.29) is 0 Å². The number of aromatic nitrogens is 2. The van der Waals surface area contributed by atoms with Crippen LogP contribution in [0, 0.1) is 17.8 Å². The van der Waals surface area contributed by atoms with E-state index < -0.39 is 0 Å². The van der Waals surface area contributed by atoms with Gasteiger partial charge in [-0.3, -0.25) is 4.68 Å². The van der Waals surface area contributed by atoms with E-state index in [0.717, 1.165) is 37.3 Å². The maximum absolute atomic E-state index is 4.52. The van der Waals surface area contributed by atoms with Crippen molar-refractivity contribution in [1.82, 2.24) is 15.1 Å². The normalized spacial score (nSPS) is 24.4. The van der Waals surface area contributed by atoms with Crippen LogP contribution in [0.3, 0.4) is 0 Å². The van der Waals surface area contributed by atoms with Gasteiger partial charge in [-0.2, -0.15) is 5.10 Å². The Kier molecular flexibility index (Phi) is 6.28. The molecule has 0 radical (unpaired) electrons. The highest BCUT2D eigenvalue weighted by Gasteiger charge is 2.30. The second-order valence-corrected chi connectivity index (χ2v) is 6.93. The minimum Gasteiger partial charge on any atom is -0.309 e. The summed E-state index contributed by atoms with van der Waals surface area (Å²) in [6, 6.07) is 2.70. The van der Waals surface area contributed by atoms with Crippen molar-refractivity contribution in [2.24, 2.45) is 17.8 Å². The van der Waals surface area contributed by atoms with Crippen molar-refractivity contribution < 1.29 is 0 Å². The molecule has 1 aromatic heterocycles. The molecule has 1 fully saturated rings. The van der Waals surface area contributed by atoms with Gasteiger partial charge in [-0.1, -0.05) is 27.7 Å². The monoisotopic (exact) mass is 291 g/mol. The van der Waals surface area contributed by atoms with Crippen LogP contribution in [0.25, 0.3) is 0 Å². The number of hydrogen-bond donors (Lipinski definition) is 1. The molecule has 0 spiro atoms. The quantitative estimate of drug-likeness (QED) is 0.806. The number of rotatable bonds is 7. The van der Waals surface area contributed by atoms with Gasteiger partial charge in [0, 0.05) is 12.7 Å². The summed E-state index contributed by atoms with van der Waals surface area (Å²) < 4.78 is 2.21. The highest BCUT2D eigenvalue weighted by molar-refractivity contribution is 5.09. The number of aryl methyl sites for hydroxylation is 1. The fourth-order valence-corrected chi connectivity index (χ4v) is 3.88. The standard InChI is InChI=1S/C18H33N3/c1-5-13-21-17(11-12-20-21)18(19-6-2)16-9-7-15(8-10-16)14(3)4/h11-12,14-16,18-19H,5-10,13H2,1-4H3. The second kappa shape index (κ2) is 7.98. The van der Waals surface area contributed by atoms with Gasteiger partial charge < -0.3 is 5.32 Å². The molecule has 1 aliphatic carbocycles. The van der Waals surface area contributed by atoms with Gasteiger partial charge in [-0.15, -0.1) is 0 Å². The Morgan fingerprint density at radius 2 is 1.86 bits per heavy atom. The van der Waals surface area contributed by atoms with Gasteiger partial charge in [0.2, 0.25) is 0 Å². The number of nitrogens with zero attached hydrogens (tertiary/aromatic N) is 2. The van der Waals surface area contributed by atoms with Gasteiger partial charge >= 0.3 is 0 Å². The zero-order valence-electron chi connectivity index (χ0n) is 14.3. The Balaban J connectivity index is 2.07. The van der Waals surface area contributed by atoms with Crippen LogP contribution in [0.5, 0.6) is 0 Å². The lowest BCUT2D eigenvalue weighted by molar-refractivity contribution is 0.185. The van der Waals surface area contributed by atoms with E-state index in [2.05, 4.69) is 48.9 Å². The Bertz CT molecular complexity index is 402. The third-order valence-electron chi connectivity index (χ3n) is 5.16. The van der Waals surface area contributed by atoms with Crippen molar-refractivity contribution >= 4 is 0 Å². The van der Waals surface area contributed by atoms with E-state index in [1.54, 1.807) is 0 Å². The van der Waals surface area contributed by atoms with Gasteiger partial charge in [0.15, 0.2) is 0 Å². The van der Waals surface area contributed by atoms with Crippen molar-refractivity contribution in [2.45, 2.75) is 72.4 Å². The molecule has 2 rings (SSSR count). The van der Waals surface area contributed by atoms with Gasteiger partial charge in [0.05, 0.1) is 11.7 Å². The van der Waals surface area contributed by atoms with Gasteiger partial charge in [0.25, 0.3) is 0 Å². The summed E-state index contributed by atoms with van der Waals surface area (Å²) in [4.78, 5) is 0. The van der Waals surface area contributed by atoms with E-state index in [0.29, 0.717) is 6.04 Å². The molecule has 1 heterocycles. The summed E-state index contributed by atoms with van der Waals surface area (Å²) in [5.74, 6) is 2.55. The predicted molar refractivity (Wildman–Crippen MR) is 89.2 cm³/mol. The second-order valence-electron chi connectivity index (χ2n) is 6.93. The van der Waals surface area contributed by atoms with Gasteiger partial charge in [-0.05, 0) is 62.5 Å². The topological polar surface area (TPSA) is 29.9 Å². The third-order valence-corrected chi connectivity index (χ3v) is 5.16. The smallest absolute Gasteiger partial charge is 0.0556 e. The van der Waals surface area contributed by atoms with Crippen LogP contribution in [0.1, 0.15) is 71.5 Å². The molecule has 0 bridgehead atoms. The zero-order valence-corrected chi connectivity index (χ0v) is 14.3. The molecule has 0 amide bonds. The van der Waals surface area contributed by atoms with Gasteiger partial charge in [0.1, 0.15) is 0 Å². The van der Waals surface area contributed by atoms with E-state index in [4.69, 9.17) is 0 Å². The number of nitrogens with one attached hydrogen (secondary N) is 1. The molecule has 1 aromatic rings. The first-order valence-electron chi connectivity index (χ1n) is 8.92. The molecule has 3 heteroatoms. The van der Waals surface area contributed by atoms with E-state index in [1.165, 1.54) is 31.4 Å². The maximum atomic E-state index is 4.52. The molecule has 1 unspecified atom stereocenters. The van der Waals surface area contributed by atoms with Crippen LogP contribution in [-0.4, -0.2) is 16.3 Å². The summed E-state index contributed by atoms with van der Waals surface area (Å²) in [5.41, 5.74) is 1.40. The Labute approximate surface area is 130 Å². The summed E-state index contributed by atoms with van der Waals surface area (Å²) in [6.45, 7) is 11.3. The lowest BCUT2D eigenvalue weighted by Gasteiger charge is -2.36. The van der Waals surface area contributed by atoms with Crippen LogP contribution in [0.2, 0.25) is 0 Å². The van der Waals surface area contributed by atoms with Crippen molar-refractivity contribution in [3.63, 3.8) is 0 Å². The van der Waals surface area contributed by atoms with Crippen molar-refractivity contribution in [1.29, 1.82) is 0 Å². The first-order chi connectivity index (χ1) is 10.2. The minimum atomic E-state index is 0.483. The first kappa shape index (κ1) is 16.5. The molecule has 1 saturated carbocycles. The summed E-state index contributed by atoms with van der Waals surface area (Å²) in [7, 11) is 0. The molecule has 0 aromatic carbocycles. The van der Waals surface area contributed by atoms with E-state index in [1.807, 2.05) is 6.20 Å². The SMILES string of the molecule is CCCn1nccc1C(NCC)C1CCC(C(C)C)CC1. The van der Waals surface area contributed by atoms with Crippen LogP contribution < -0.4 is 5.32 Å². The first-order valence-corrected chi connectivity index (χ1v) is 8.92. The van der Waals surface area contributed by atoms with Crippen LogP contribution >= 0.6 is 0 Å². The molecule has 1 aliphatic rings. The summed E-state index contributed by atoms with van der Waals surface area (Å²) >= 11 is 0. The fourth-order valence-electron chi connectivity index (χ4n) is 3.88. The average molecular weight is 291 g/mol. The third kappa shape index (κ3) is 4.09. The lowest BCUT2D eigenvalue weighted by Crippen LogP contribution is -2.33. The Hall–Kier alpha value is -0.830. The van der Waals surface area contributed by atoms with Crippen molar-refractivity contribution in [2.75, 3.05) is 6.54 Å². The van der Waals surface area contributed by atoms with E-state index >= 15 is 0 Å². The zero-order chi connectivity index (χ0) is 15.2. The van der Waals surface area contributed by atoms with Crippen LogP contribution in [-0.2, 0) is 6.54 Å². The van der Waals surface area contributed by atoms with Crippen LogP contribution in [0.15, 0.2) is 12.3 Å². The summed E-state index contributed by atoms with van der Waals surface area (Å²) in [5, 5.41) is 8.26. The lowest BCUT2D eigenvalue weighted by atomic mass is 9.74. The average Bonchev–Trinajstić information content (AvgIpc) is 2.93. The molecule has 1 N–H and O–H groups in total. The molecule has 1 atom stereocenters. The van der Waals surface area contributed by atoms with Crippen molar-refractivity contribution in [3.8, 4) is 0 Å². The molecule has 21 heavy (non-hydrogen) atoms. The van der Waals surface area contributed by atoms with Crippen molar-refractivity contribution in [3.05, 3.63) is 18.0 Å². The number of hydrogen-bond acceptors (Lipinski definition) is 2. The largest absolute Gasteiger partial charge is 0.309 e. The highest BCUT2D eigenvalue weighted by atomic mass is 15.3. The predicted octanol–water partition coefficient (Wildman–Crippen LogP) is 4.41. The Morgan fingerprint density at radius 3 is 2.43 bits per heavy atom. The van der Waals surface area contributed by atoms with Crippen LogP contribution in [0.4, 0.5) is 0 Å². The highest BCUT2D eigenvalue weighted by Crippen LogP contribution is 2.39. The summed E-state index contributed by atoms with van der Waals surface area (Å²) in [6.07, 6.45) is 8.62.